The van der Waals surface area contributed by atoms with Gasteiger partial charge in [0.2, 0.25) is 5.91 Å². The van der Waals surface area contributed by atoms with Crippen molar-refractivity contribution in [3.8, 4) is 11.1 Å². The molecule has 35 heavy (non-hydrogen) atoms. The van der Waals surface area contributed by atoms with E-state index in [0.29, 0.717) is 25.7 Å². The number of carboxylic acid groups (broad SMARTS) is 1. The molecule has 1 saturated carbocycles. The molecule has 0 heterocycles. The lowest BCUT2D eigenvalue weighted by molar-refractivity contribution is -0.141. The predicted octanol–water partition coefficient (Wildman–Crippen LogP) is 4.56. The van der Waals surface area contributed by atoms with Gasteiger partial charge in [0.15, 0.2) is 0 Å². The average Bonchev–Trinajstić information content (AvgIpc) is 3.43. The number of carbonyl (C=O) groups excluding carboxylic acids is 2. The minimum Gasteiger partial charge on any atom is -0.481 e. The van der Waals surface area contributed by atoms with E-state index in [2.05, 4.69) is 34.9 Å². The summed E-state index contributed by atoms with van der Waals surface area (Å²) in [6, 6.07) is 16.2. The zero-order valence-electron chi connectivity index (χ0n) is 20.3. The molecule has 2 aliphatic carbocycles. The number of benzene rings is 2. The van der Waals surface area contributed by atoms with Crippen molar-refractivity contribution >= 4 is 18.0 Å². The molecule has 0 aromatic heterocycles. The first-order chi connectivity index (χ1) is 16.8. The lowest BCUT2D eigenvalue weighted by Crippen LogP contribution is -2.43. The highest BCUT2D eigenvalue weighted by molar-refractivity contribution is 5.81. The highest BCUT2D eigenvalue weighted by atomic mass is 16.5. The molecule has 186 valence electrons. The van der Waals surface area contributed by atoms with Gasteiger partial charge in [-0.3, -0.25) is 9.59 Å². The van der Waals surface area contributed by atoms with Crippen molar-refractivity contribution in [3.05, 3.63) is 59.7 Å². The number of amides is 2. The molecule has 0 spiro atoms. The summed E-state index contributed by atoms with van der Waals surface area (Å²) in [6.45, 7) is 4.46. The summed E-state index contributed by atoms with van der Waals surface area (Å²) in [6.07, 6.45) is 1.77. The highest BCUT2D eigenvalue weighted by Crippen LogP contribution is 2.44. The summed E-state index contributed by atoms with van der Waals surface area (Å²) < 4.78 is 5.60. The Morgan fingerprint density at radius 2 is 1.63 bits per heavy atom. The van der Waals surface area contributed by atoms with Crippen molar-refractivity contribution in [2.24, 2.45) is 17.8 Å². The van der Waals surface area contributed by atoms with Gasteiger partial charge in [-0.2, -0.15) is 0 Å². The van der Waals surface area contributed by atoms with Crippen LogP contribution in [0.5, 0.6) is 0 Å². The molecule has 0 aliphatic heterocycles. The molecule has 3 atom stereocenters. The van der Waals surface area contributed by atoms with Gasteiger partial charge in [0.05, 0.1) is 11.8 Å². The molecule has 4 rings (SSSR count). The molecular formula is C28H34N2O5. The fourth-order valence-corrected chi connectivity index (χ4v) is 5.36. The normalized spacial score (nSPS) is 19.6. The molecule has 7 nitrogen and oxygen atoms in total. The van der Waals surface area contributed by atoms with E-state index in [-0.39, 0.29) is 36.9 Å². The molecule has 0 saturated heterocycles. The molecule has 1 unspecified atom stereocenters. The molecule has 1 fully saturated rings. The molecule has 2 aliphatic rings. The van der Waals surface area contributed by atoms with E-state index in [1.54, 1.807) is 0 Å². The number of carbonyl (C=O) groups is 3. The summed E-state index contributed by atoms with van der Waals surface area (Å²) in [7, 11) is 0. The minimum absolute atomic E-state index is 0.0209. The van der Waals surface area contributed by atoms with Gasteiger partial charge in [-0.15, -0.1) is 0 Å². The van der Waals surface area contributed by atoms with Crippen LogP contribution in [0, 0.1) is 17.8 Å². The zero-order valence-corrected chi connectivity index (χ0v) is 20.3. The first-order valence-electron chi connectivity index (χ1n) is 12.5. The van der Waals surface area contributed by atoms with Crippen molar-refractivity contribution in [2.75, 3.05) is 13.2 Å². The fraction of sp³-hybridized carbons (Fsp3) is 0.464. The van der Waals surface area contributed by atoms with Gasteiger partial charge in [-0.25, -0.2) is 4.79 Å². The third kappa shape index (κ3) is 5.84. The number of hydrogen-bond donors (Lipinski definition) is 3. The Morgan fingerprint density at radius 1 is 1.00 bits per heavy atom. The van der Waals surface area contributed by atoms with Gasteiger partial charge < -0.3 is 20.5 Å². The molecule has 0 bridgehead atoms. The monoisotopic (exact) mass is 478 g/mol. The van der Waals surface area contributed by atoms with Crippen LogP contribution in [0.15, 0.2) is 48.5 Å². The van der Waals surface area contributed by atoms with Crippen molar-refractivity contribution in [1.29, 1.82) is 0 Å². The van der Waals surface area contributed by atoms with Crippen LogP contribution in [-0.4, -0.2) is 42.3 Å². The molecule has 2 aromatic rings. The van der Waals surface area contributed by atoms with E-state index in [4.69, 9.17) is 4.74 Å². The van der Waals surface area contributed by atoms with Gasteiger partial charge in [-0.1, -0.05) is 62.4 Å². The number of fused-ring (bicyclic) bond motifs is 3. The number of alkyl carbamates (subject to hydrolysis) is 1. The highest BCUT2D eigenvalue weighted by Gasteiger charge is 2.33. The lowest BCUT2D eigenvalue weighted by Gasteiger charge is -2.22. The van der Waals surface area contributed by atoms with Crippen LogP contribution in [-0.2, 0) is 14.3 Å². The molecule has 7 heteroatoms. The number of ether oxygens (including phenoxy) is 1. The van der Waals surface area contributed by atoms with E-state index in [1.807, 2.05) is 38.1 Å². The standard InChI is InChI=1S/C28H34N2O5/c1-17(2)13-19(26(31)30-20-12-11-18(14-20)27(32)33)15-29-28(34)35-16-25-23-9-5-3-7-21(23)22-8-4-6-10-24(22)25/h3-10,17-20,25H,11-16H2,1-2H3,(H,29,34)(H,30,31)(H,32,33)/t18-,19?,20+/m1/s1. The van der Waals surface area contributed by atoms with Crippen molar-refractivity contribution in [3.63, 3.8) is 0 Å². The van der Waals surface area contributed by atoms with E-state index < -0.39 is 23.9 Å². The van der Waals surface area contributed by atoms with Gasteiger partial charge >= 0.3 is 12.1 Å². The molecule has 3 N–H and O–H groups in total. The summed E-state index contributed by atoms with van der Waals surface area (Å²) >= 11 is 0. The first-order valence-corrected chi connectivity index (χ1v) is 12.5. The number of carboxylic acids is 1. The topological polar surface area (TPSA) is 105 Å². The largest absolute Gasteiger partial charge is 0.481 e. The third-order valence-corrected chi connectivity index (χ3v) is 7.09. The number of rotatable bonds is 9. The van der Waals surface area contributed by atoms with Gasteiger partial charge in [0, 0.05) is 18.5 Å². The first kappa shape index (κ1) is 24.8. The maximum absolute atomic E-state index is 12.9. The van der Waals surface area contributed by atoms with Crippen LogP contribution in [0.3, 0.4) is 0 Å². The van der Waals surface area contributed by atoms with Crippen LogP contribution < -0.4 is 10.6 Å². The van der Waals surface area contributed by atoms with Crippen molar-refractivity contribution in [2.45, 2.75) is 51.5 Å². The summed E-state index contributed by atoms with van der Waals surface area (Å²) in [5.74, 6) is -1.51. The Morgan fingerprint density at radius 3 is 2.20 bits per heavy atom. The Labute approximate surface area is 206 Å². The second kappa shape index (κ2) is 10.9. The number of hydrogen-bond acceptors (Lipinski definition) is 4. The lowest BCUT2D eigenvalue weighted by atomic mass is 9.95. The number of nitrogens with one attached hydrogen (secondary N) is 2. The van der Waals surface area contributed by atoms with E-state index >= 15 is 0 Å². The minimum atomic E-state index is -0.808. The van der Waals surface area contributed by atoms with E-state index in [0.717, 1.165) is 11.1 Å². The van der Waals surface area contributed by atoms with Crippen molar-refractivity contribution < 1.29 is 24.2 Å². The van der Waals surface area contributed by atoms with Crippen LogP contribution in [0.1, 0.15) is 56.6 Å². The van der Waals surface area contributed by atoms with Gasteiger partial charge in [-0.05, 0) is 53.9 Å². The molecule has 2 amide bonds. The third-order valence-electron chi connectivity index (χ3n) is 7.09. The SMILES string of the molecule is CC(C)CC(CNC(=O)OCC1c2ccccc2-c2ccccc21)C(=O)N[C@H]1CC[C@@H](C(=O)O)C1. The Balaban J connectivity index is 1.31. The molecule has 0 radical (unpaired) electrons. The van der Waals surface area contributed by atoms with E-state index in [9.17, 15) is 19.5 Å². The van der Waals surface area contributed by atoms with Crippen LogP contribution in [0.4, 0.5) is 4.79 Å². The number of aliphatic carboxylic acids is 1. The molecule has 2 aromatic carbocycles. The second-order valence-electron chi connectivity index (χ2n) is 10.1. The Hall–Kier alpha value is -3.35. The van der Waals surface area contributed by atoms with Gasteiger partial charge in [0.25, 0.3) is 0 Å². The van der Waals surface area contributed by atoms with Crippen LogP contribution in [0.25, 0.3) is 11.1 Å². The summed E-state index contributed by atoms with van der Waals surface area (Å²) in [5, 5.41) is 15.0. The predicted molar refractivity (Wildman–Crippen MR) is 133 cm³/mol. The van der Waals surface area contributed by atoms with Crippen molar-refractivity contribution in [1.82, 2.24) is 10.6 Å². The summed E-state index contributed by atoms with van der Waals surface area (Å²) in [4.78, 5) is 36.7. The zero-order chi connectivity index (χ0) is 24.9. The van der Waals surface area contributed by atoms with Crippen LogP contribution in [0.2, 0.25) is 0 Å². The quantitative estimate of drug-likeness (QED) is 0.490. The van der Waals surface area contributed by atoms with Gasteiger partial charge in [0.1, 0.15) is 6.61 Å². The fourth-order valence-electron chi connectivity index (χ4n) is 5.36. The Kier molecular flexibility index (Phi) is 7.73. The van der Waals surface area contributed by atoms with E-state index in [1.165, 1.54) is 11.1 Å². The maximum Gasteiger partial charge on any atom is 0.407 e. The van der Waals surface area contributed by atoms with Crippen LogP contribution >= 0.6 is 0 Å². The second-order valence-corrected chi connectivity index (χ2v) is 10.1. The maximum atomic E-state index is 12.9. The molecular weight excluding hydrogens is 444 g/mol. The Bertz CT molecular complexity index is 1040. The summed E-state index contributed by atoms with van der Waals surface area (Å²) in [5.41, 5.74) is 4.63. The average molecular weight is 479 g/mol. The smallest absolute Gasteiger partial charge is 0.407 e.